The van der Waals surface area contributed by atoms with Gasteiger partial charge in [0.1, 0.15) is 13.2 Å². The van der Waals surface area contributed by atoms with Gasteiger partial charge in [-0.05, 0) is 25.7 Å². The van der Waals surface area contributed by atoms with Crippen molar-refractivity contribution in [1.82, 2.24) is 0 Å². The summed E-state index contributed by atoms with van der Waals surface area (Å²) in [5, 5.41) is 18.8. The molecule has 0 saturated heterocycles. The molecule has 0 aromatic heterocycles. The van der Waals surface area contributed by atoms with E-state index in [0.29, 0.717) is 25.7 Å². The Morgan fingerprint density at radius 1 is 0.297 bits per heavy atom. The maximum atomic E-state index is 11.9. The number of ether oxygens (including phenoxy) is 4. The standard InChI is InChI=1S/2C27H52O5/c2*1-3-5-7-9-11-13-15-17-19-21-26(29)31-24-25(23-28)32-27(30)22-20-18-16-14-12-10-8-6-4-2/h2*25,28H,3-24H2,1-2H3. The summed E-state index contributed by atoms with van der Waals surface area (Å²) >= 11 is 0. The maximum absolute atomic E-state index is 11.9. The predicted octanol–water partition coefficient (Wildman–Crippen LogP) is 14.6. The second-order valence-electron chi connectivity index (χ2n) is 18.3. The first-order valence-corrected chi connectivity index (χ1v) is 27.2. The van der Waals surface area contributed by atoms with E-state index in [1.54, 1.807) is 0 Å². The number of aliphatic hydroxyl groups excluding tert-OH is 2. The fourth-order valence-corrected chi connectivity index (χ4v) is 7.57. The number of carbonyl (C=O) groups is 4. The summed E-state index contributed by atoms with van der Waals surface area (Å²) < 4.78 is 20.9. The topological polar surface area (TPSA) is 146 Å². The van der Waals surface area contributed by atoms with E-state index in [-0.39, 0.29) is 50.3 Å². The van der Waals surface area contributed by atoms with Crippen LogP contribution in [0.25, 0.3) is 0 Å². The van der Waals surface area contributed by atoms with Gasteiger partial charge in [0.25, 0.3) is 0 Å². The Morgan fingerprint density at radius 2 is 0.484 bits per heavy atom. The number of esters is 4. The molecule has 0 aliphatic heterocycles. The van der Waals surface area contributed by atoms with E-state index in [1.165, 1.54) is 154 Å². The Kier molecular flexibility index (Phi) is 53.3. The van der Waals surface area contributed by atoms with Gasteiger partial charge in [-0.25, -0.2) is 0 Å². The Hall–Kier alpha value is -2.20. The van der Waals surface area contributed by atoms with Crippen LogP contribution in [0.1, 0.15) is 285 Å². The molecule has 380 valence electrons. The first-order valence-electron chi connectivity index (χ1n) is 27.2. The second-order valence-corrected chi connectivity index (χ2v) is 18.3. The minimum Gasteiger partial charge on any atom is -0.462 e. The molecule has 0 saturated carbocycles. The molecule has 2 atom stereocenters. The lowest BCUT2D eigenvalue weighted by molar-refractivity contribution is -0.161. The molecule has 2 N–H and O–H groups in total. The fraction of sp³-hybridized carbons (Fsp3) is 0.926. The lowest BCUT2D eigenvalue weighted by atomic mass is 10.1. The quantitative estimate of drug-likeness (QED) is 0.0344. The third-order valence-corrected chi connectivity index (χ3v) is 11.8. The maximum Gasteiger partial charge on any atom is 0.306 e. The van der Waals surface area contributed by atoms with Crippen LogP contribution in [0.3, 0.4) is 0 Å². The van der Waals surface area contributed by atoms with Crippen molar-refractivity contribution in [3.63, 3.8) is 0 Å². The van der Waals surface area contributed by atoms with Crippen molar-refractivity contribution in [2.75, 3.05) is 26.4 Å². The molecule has 0 aliphatic rings. The molecule has 10 nitrogen and oxygen atoms in total. The largest absolute Gasteiger partial charge is 0.462 e. The van der Waals surface area contributed by atoms with Gasteiger partial charge in [-0.3, -0.25) is 19.2 Å². The molecule has 0 rings (SSSR count). The van der Waals surface area contributed by atoms with Crippen molar-refractivity contribution in [3.8, 4) is 0 Å². The van der Waals surface area contributed by atoms with Crippen LogP contribution in [0.15, 0.2) is 0 Å². The minimum atomic E-state index is -0.756. The summed E-state index contributed by atoms with van der Waals surface area (Å²) in [6.07, 6.45) is 43.1. The molecule has 0 radical (unpaired) electrons. The highest BCUT2D eigenvalue weighted by Crippen LogP contribution is 2.15. The second kappa shape index (κ2) is 53.4. The number of hydrogen-bond acceptors (Lipinski definition) is 10. The molecule has 0 bridgehead atoms. The number of aliphatic hydroxyl groups is 2. The van der Waals surface area contributed by atoms with Gasteiger partial charge in [-0.1, -0.05) is 233 Å². The third-order valence-electron chi connectivity index (χ3n) is 11.8. The van der Waals surface area contributed by atoms with Crippen molar-refractivity contribution < 1.29 is 48.3 Å². The van der Waals surface area contributed by atoms with E-state index in [2.05, 4.69) is 27.7 Å². The van der Waals surface area contributed by atoms with Crippen molar-refractivity contribution in [3.05, 3.63) is 0 Å². The van der Waals surface area contributed by atoms with Crippen LogP contribution in [-0.2, 0) is 38.1 Å². The zero-order valence-corrected chi connectivity index (χ0v) is 42.4. The SMILES string of the molecule is CCCCCCCCCCCC(=O)OCC(CO)OC(=O)CCCCCCCCCCC.CCCCCCCCCCCC(=O)OCC(CO)OC(=O)CCCCCCCCCCC. The molecule has 0 fully saturated rings. The highest BCUT2D eigenvalue weighted by molar-refractivity contribution is 5.71. The van der Waals surface area contributed by atoms with Crippen LogP contribution < -0.4 is 0 Å². The van der Waals surface area contributed by atoms with Gasteiger partial charge >= 0.3 is 23.9 Å². The van der Waals surface area contributed by atoms with E-state index < -0.39 is 12.2 Å². The van der Waals surface area contributed by atoms with Gasteiger partial charge in [0, 0.05) is 25.7 Å². The number of carbonyl (C=O) groups excluding carboxylic acids is 4. The molecule has 0 aromatic rings. The monoisotopic (exact) mass is 913 g/mol. The van der Waals surface area contributed by atoms with Gasteiger partial charge in [0.15, 0.2) is 12.2 Å². The molecule has 0 aliphatic carbocycles. The molecule has 0 heterocycles. The normalized spacial score (nSPS) is 12.0. The first-order chi connectivity index (χ1) is 31.3. The minimum absolute atomic E-state index is 0.0593. The van der Waals surface area contributed by atoms with Crippen molar-refractivity contribution >= 4 is 23.9 Å². The van der Waals surface area contributed by atoms with Crippen molar-refractivity contribution in [1.29, 1.82) is 0 Å². The Morgan fingerprint density at radius 3 is 0.688 bits per heavy atom. The van der Waals surface area contributed by atoms with Crippen LogP contribution in [0.5, 0.6) is 0 Å². The van der Waals surface area contributed by atoms with Crippen molar-refractivity contribution in [2.45, 2.75) is 297 Å². The van der Waals surface area contributed by atoms with E-state index in [0.717, 1.165) is 77.0 Å². The Balaban J connectivity index is 0. The summed E-state index contributed by atoms with van der Waals surface area (Å²) in [5.74, 6) is -1.19. The third kappa shape index (κ3) is 50.8. The van der Waals surface area contributed by atoms with Crippen LogP contribution in [0, 0.1) is 0 Å². The zero-order chi connectivity index (χ0) is 47.4. The molecule has 2 unspecified atom stereocenters. The van der Waals surface area contributed by atoms with Gasteiger partial charge in [-0.2, -0.15) is 0 Å². The highest BCUT2D eigenvalue weighted by Gasteiger charge is 2.17. The molecule has 64 heavy (non-hydrogen) atoms. The molecule has 0 spiro atoms. The first kappa shape index (κ1) is 63.9. The Bertz CT molecular complexity index is 927. The highest BCUT2D eigenvalue weighted by atomic mass is 16.6. The van der Waals surface area contributed by atoms with E-state index in [9.17, 15) is 29.4 Å². The lowest BCUT2D eigenvalue weighted by Crippen LogP contribution is -2.28. The van der Waals surface area contributed by atoms with E-state index in [4.69, 9.17) is 18.9 Å². The van der Waals surface area contributed by atoms with Crippen LogP contribution in [-0.4, -0.2) is 72.7 Å². The van der Waals surface area contributed by atoms with Gasteiger partial charge in [0.05, 0.1) is 13.2 Å². The van der Waals surface area contributed by atoms with Crippen molar-refractivity contribution in [2.24, 2.45) is 0 Å². The van der Waals surface area contributed by atoms with Gasteiger partial charge in [-0.15, -0.1) is 0 Å². The molecular weight excluding hydrogens is 809 g/mol. The number of hydrogen-bond donors (Lipinski definition) is 2. The molecule has 0 aromatic carbocycles. The molecular formula is C54H104O10. The summed E-state index contributed by atoms with van der Waals surface area (Å²) in [4.78, 5) is 47.6. The number of rotatable bonds is 48. The summed E-state index contributed by atoms with van der Waals surface area (Å²) in [5.41, 5.74) is 0. The average molecular weight is 913 g/mol. The van der Waals surface area contributed by atoms with Crippen LogP contribution in [0.2, 0.25) is 0 Å². The summed E-state index contributed by atoms with van der Waals surface area (Å²) in [6, 6.07) is 0. The number of unbranched alkanes of at least 4 members (excludes halogenated alkanes) is 32. The Labute approximate surface area is 394 Å². The van der Waals surface area contributed by atoms with Gasteiger partial charge < -0.3 is 29.2 Å². The van der Waals surface area contributed by atoms with E-state index >= 15 is 0 Å². The summed E-state index contributed by atoms with van der Waals surface area (Å²) in [7, 11) is 0. The average Bonchev–Trinajstić information content (AvgIpc) is 3.29. The lowest BCUT2D eigenvalue weighted by Gasteiger charge is -2.15. The smallest absolute Gasteiger partial charge is 0.306 e. The van der Waals surface area contributed by atoms with Crippen LogP contribution >= 0.6 is 0 Å². The van der Waals surface area contributed by atoms with Crippen LogP contribution in [0.4, 0.5) is 0 Å². The zero-order valence-electron chi connectivity index (χ0n) is 42.4. The molecule has 10 heteroatoms. The van der Waals surface area contributed by atoms with Gasteiger partial charge in [0.2, 0.25) is 0 Å². The summed E-state index contributed by atoms with van der Waals surface area (Å²) in [6.45, 7) is 8.14. The predicted molar refractivity (Wildman–Crippen MR) is 263 cm³/mol. The van der Waals surface area contributed by atoms with E-state index in [1.807, 2.05) is 0 Å². The fourth-order valence-electron chi connectivity index (χ4n) is 7.57. The molecule has 0 amide bonds.